The predicted molar refractivity (Wildman–Crippen MR) is 118 cm³/mol. The number of aromatic amines is 1. The highest BCUT2D eigenvalue weighted by Gasteiger charge is 2.14. The number of hydrogen-bond donors (Lipinski definition) is 2. The molecule has 0 aliphatic carbocycles. The van der Waals surface area contributed by atoms with Crippen LogP contribution in [0.15, 0.2) is 48.0 Å². The number of nitrogens with one attached hydrogen (secondary N) is 2. The molecule has 4 aromatic rings. The number of aryl methyl sites for hydroxylation is 1. The lowest BCUT2D eigenvalue weighted by molar-refractivity contribution is 0.0342. The Bertz CT molecular complexity index is 1130. The van der Waals surface area contributed by atoms with Crippen LogP contribution in [0.1, 0.15) is 11.1 Å². The van der Waals surface area contributed by atoms with Gasteiger partial charge in [0.2, 0.25) is 5.95 Å². The Kier molecular flexibility index (Phi) is 5.01. The van der Waals surface area contributed by atoms with Crippen molar-refractivity contribution in [2.45, 2.75) is 13.5 Å². The van der Waals surface area contributed by atoms with Gasteiger partial charge >= 0.3 is 0 Å². The van der Waals surface area contributed by atoms with E-state index in [4.69, 9.17) is 9.72 Å². The number of thiophene rings is 1. The third kappa shape index (κ3) is 4.03. The van der Waals surface area contributed by atoms with Gasteiger partial charge in [-0.1, -0.05) is 12.1 Å². The summed E-state index contributed by atoms with van der Waals surface area (Å²) in [6.45, 7) is 6.62. The number of anilines is 2. The second-order valence-electron chi connectivity index (χ2n) is 7.34. The second kappa shape index (κ2) is 7.94. The summed E-state index contributed by atoms with van der Waals surface area (Å²) in [5.41, 5.74) is 5.31. The van der Waals surface area contributed by atoms with Crippen molar-refractivity contribution in [2.75, 3.05) is 31.6 Å². The molecule has 0 unspecified atom stereocenters. The molecular weight excluding hydrogens is 382 g/mol. The molecule has 2 N–H and O–H groups in total. The van der Waals surface area contributed by atoms with E-state index in [0.717, 1.165) is 60.1 Å². The van der Waals surface area contributed by atoms with Crippen LogP contribution < -0.4 is 5.32 Å². The Balaban J connectivity index is 1.42. The zero-order valence-corrected chi connectivity index (χ0v) is 17.1. The van der Waals surface area contributed by atoms with Gasteiger partial charge in [0, 0.05) is 36.9 Å². The van der Waals surface area contributed by atoms with Crippen molar-refractivity contribution in [3.63, 3.8) is 0 Å². The highest BCUT2D eigenvalue weighted by atomic mass is 32.1. The summed E-state index contributed by atoms with van der Waals surface area (Å²) in [7, 11) is 0. The van der Waals surface area contributed by atoms with Gasteiger partial charge in [-0.25, -0.2) is 4.98 Å². The predicted octanol–water partition coefficient (Wildman–Crippen LogP) is 4.57. The lowest BCUT2D eigenvalue weighted by Gasteiger charge is -2.26. The van der Waals surface area contributed by atoms with Gasteiger partial charge in [0.25, 0.3) is 0 Å². The first kappa shape index (κ1) is 18.3. The zero-order chi connectivity index (χ0) is 19.6. The second-order valence-corrected chi connectivity index (χ2v) is 8.25. The molecule has 29 heavy (non-hydrogen) atoms. The van der Waals surface area contributed by atoms with Crippen LogP contribution in [-0.4, -0.2) is 46.2 Å². The van der Waals surface area contributed by atoms with Crippen molar-refractivity contribution in [1.82, 2.24) is 19.9 Å². The van der Waals surface area contributed by atoms with Crippen LogP contribution in [0.25, 0.3) is 21.6 Å². The molecule has 0 radical (unpaired) electrons. The Labute approximate surface area is 173 Å². The van der Waals surface area contributed by atoms with Gasteiger partial charge in [-0.3, -0.25) is 4.90 Å². The summed E-state index contributed by atoms with van der Waals surface area (Å²) in [6.07, 6.45) is 1.91. The van der Waals surface area contributed by atoms with Gasteiger partial charge in [-0.05, 0) is 47.7 Å². The number of benzene rings is 1. The largest absolute Gasteiger partial charge is 0.379 e. The van der Waals surface area contributed by atoms with E-state index in [0.29, 0.717) is 5.95 Å². The van der Waals surface area contributed by atoms with Crippen LogP contribution in [0.3, 0.4) is 0 Å². The summed E-state index contributed by atoms with van der Waals surface area (Å²) >= 11 is 1.71. The lowest BCUT2D eigenvalue weighted by atomic mass is 10.2. The average molecular weight is 406 g/mol. The molecule has 1 aliphatic heterocycles. The molecule has 7 heteroatoms. The number of fused-ring (bicyclic) bond motifs is 1. The molecule has 1 saturated heterocycles. The molecular formula is C22H23N5OS. The Hall–Kier alpha value is -2.74. The van der Waals surface area contributed by atoms with Crippen molar-refractivity contribution in [3.05, 3.63) is 59.1 Å². The van der Waals surface area contributed by atoms with Crippen LogP contribution in [0, 0.1) is 6.92 Å². The van der Waals surface area contributed by atoms with Crippen molar-refractivity contribution < 1.29 is 4.74 Å². The van der Waals surface area contributed by atoms with Crippen LogP contribution >= 0.6 is 11.3 Å². The fourth-order valence-electron chi connectivity index (χ4n) is 3.63. The van der Waals surface area contributed by atoms with Crippen LogP contribution in [0.4, 0.5) is 11.6 Å². The molecule has 0 bridgehead atoms. The van der Waals surface area contributed by atoms with Gasteiger partial charge in [0.1, 0.15) is 5.65 Å². The molecule has 6 nitrogen and oxygen atoms in total. The fourth-order valence-corrected chi connectivity index (χ4v) is 4.54. The van der Waals surface area contributed by atoms with E-state index >= 15 is 0 Å². The first-order chi connectivity index (χ1) is 14.2. The van der Waals surface area contributed by atoms with E-state index in [1.165, 1.54) is 11.1 Å². The van der Waals surface area contributed by atoms with Crippen LogP contribution in [0.2, 0.25) is 0 Å². The number of hydrogen-bond acceptors (Lipinski definition) is 6. The molecule has 148 valence electrons. The van der Waals surface area contributed by atoms with E-state index in [1.807, 2.05) is 12.3 Å². The monoisotopic (exact) mass is 405 g/mol. The third-order valence-corrected chi connectivity index (χ3v) is 6.13. The van der Waals surface area contributed by atoms with Gasteiger partial charge in [0.15, 0.2) is 0 Å². The molecule has 1 fully saturated rings. The third-order valence-electron chi connectivity index (χ3n) is 5.07. The van der Waals surface area contributed by atoms with Crippen LogP contribution in [-0.2, 0) is 11.3 Å². The highest BCUT2D eigenvalue weighted by molar-refractivity contribution is 7.13. The van der Waals surface area contributed by atoms with E-state index in [2.05, 4.69) is 62.8 Å². The lowest BCUT2D eigenvalue weighted by Crippen LogP contribution is -2.35. The number of morpholine rings is 1. The fraction of sp³-hybridized carbons (Fsp3) is 0.273. The standard InChI is InChI=1S/C22H23N5OS/c1-15-11-19(29-14-15)20-18-5-6-23-21(18)26-22(25-20)24-17-4-2-3-16(12-17)13-27-7-9-28-10-8-27/h2-6,11-12,14H,7-10,13H2,1H3,(H2,23,24,25,26). The molecule has 1 aliphatic rings. The summed E-state index contributed by atoms with van der Waals surface area (Å²) < 4.78 is 5.45. The summed E-state index contributed by atoms with van der Waals surface area (Å²) in [5.74, 6) is 0.601. The quantitative estimate of drug-likeness (QED) is 0.509. The summed E-state index contributed by atoms with van der Waals surface area (Å²) in [5, 5.41) is 6.59. The maximum atomic E-state index is 5.45. The van der Waals surface area contributed by atoms with Gasteiger partial charge in [-0.2, -0.15) is 4.98 Å². The summed E-state index contributed by atoms with van der Waals surface area (Å²) in [6, 6.07) is 12.7. The number of H-pyrrole nitrogens is 1. The Morgan fingerprint density at radius 1 is 1.17 bits per heavy atom. The zero-order valence-electron chi connectivity index (χ0n) is 16.3. The number of aromatic nitrogens is 3. The van der Waals surface area contributed by atoms with Gasteiger partial charge in [-0.15, -0.1) is 11.3 Å². The molecule has 0 spiro atoms. The number of nitrogens with zero attached hydrogens (tertiary/aromatic N) is 3. The van der Waals surface area contributed by atoms with Crippen molar-refractivity contribution >= 4 is 34.0 Å². The minimum absolute atomic E-state index is 0.601. The first-order valence-corrected chi connectivity index (χ1v) is 10.7. The number of ether oxygens (including phenoxy) is 1. The normalized spacial score (nSPS) is 15.1. The molecule has 0 atom stereocenters. The molecule has 0 amide bonds. The molecule has 3 aromatic heterocycles. The Morgan fingerprint density at radius 2 is 2.07 bits per heavy atom. The number of rotatable bonds is 5. The van der Waals surface area contributed by atoms with Gasteiger partial charge < -0.3 is 15.0 Å². The SMILES string of the molecule is Cc1csc(-c2nc(Nc3cccc(CN4CCOCC4)c3)nc3[nH]ccc23)c1. The Morgan fingerprint density at radius 3 is 2.90 bits per heavy atom. The van der Waals surface area contributed by atoms with E-state index < -0.39 is 0 Å². The van der Waals surface area contributed by atoms with Crippen molar-refractivity contribution in [3.8, 4) is 10.6 Å². The minimum atomic E-state index is 0.601. The van der Waals surface area contributed by atoms with Gasteiger partial charge in [0.05, 0.1) is 23.8 Å². The summed E-state index contributed by atoms with van der Waals surface area (Å²) in [4.78, 5) is 16.3. The molecule has 1 aromatic carbocycles. The van der Waals surface area contributed by atoms with E-state index in [1.54, 1.807) is 11.3 Å². The smallest absolute Gasteiger partial charge is 0.229 e. The average Bonchev–Trinajstić information content (AvgIpc) is 3.37. The molecule has 0 saturated carbocycles. The van der Waals surface area contributed by atoms with Crippen molar-refractivity contribution in [2.24, 2.45) is 0 Å². The minimum Gasteiger partial charge on any atom is -0.379 e. The van der Waals surface area contributed by atoms with E-state index in [9.17, 15) is 0 Å². The maximum Gasteiger partial charge on any atom is 0.229 e. The molecule has 4 heterocycles. The highest BCUT2D eigenvalue weighted by Crippen LogP contribution is 2.32. The maximum absolute atomic E-state index is 5.45. The van der Waals surface area contributed by atoms with E-state index in [-0.39, 0.29) is 0 Å². The molecule has 5 rings (SSSR count). The van der Waals surface area contributed by atoms with Crippen molar-refractivity contribution in [1.29, 1.82) is 0 Å². The van der Waals surface area contributed by atoms with Crippen LogP contribution in [0.5, 0.6) is 0 Å². The topological polar surface area (TPSA) is 66.1 Å². The first-order valence-electron chi connectivity index (χ1n) is 9.81.